The number of aryl methyl sites for hydroxylation is 1. The van der Waals surface area contributed by atoms with E-state index >= 15 is 0 Å². The van der Waals surface area contributed by atoms with Crippen molar-refractivity contribution < 1.29 is 18.0 Å². The van der Waals surface area contributed by atoms with Crippen molar-refractivity contribution in [2.75, 3.05) is 19.6 Å². The van der Waals surface area contributed by atoms with Crippen molar-refractivity contribution in [1.82, 2.24) is 9.80 Å². The van der Waals surface area contributed by atoms with Crippen LogP contribution in [0.1, 0.15) is 23.1 Å². The van der Waals surface area contributed by atoms with E-state index in [1.807, 2.05) is 31.2 Å². The zero-order chi connectivity index (χ0) is 18.7. The van der Waals surface area contributed by atoms with Crippen LogP contribution in [0.3, 0.4) is 0 Å². The first-order valence-corrected chi connectivity index (χ1v) is 8.62. The molecule has 6 heteroatoms. The molecule has 2 aromatic rings. The molecule has 0 spiro atoms. The van der Waals surface area contributed by atoms with Crippen LogP contribution >= 0.6 is 0 Å². The molecule has 0 atom stereocenters. The fourth-order valence-corrected chi connectivity index (χ4v) is 3.17. The van der Waals surface area contributed by atoms with Crippen molar-refractivity contribution in [2.45, 2.75) is 26.4 Å². The van der Waals surface area contributed by atoms with Gasteiger partial charge < -0.3 is 4.90 Å². The smallest absolute Gasteiger partial charge is 0.224 e. The fourth-order valence-electron chi connectivity index (χ4n) is 3.17. The summed E-state index contributed by atoms with van der Waals surface area (Å²) in [6.45, 7) is 3.79. The van der Waals surface area contributed by atoms with E-state index in [-0.39, 0.29) is 24.4 Å². The van der Waals surface area contributed by atoms with Gasteiger partial charge in [0.1, 0.15) is 5.82 Å². The van der Waals surface area contributed by atoms with Crippen LogP contribution in [-0.4, -0.2) is 35.3 Å². The monoisotopic (exact) mass is 362 g/mol. The molecule has 2 aromatic carbocycles. The number of halogens is 3. The summed E-state index contributed by atoms with van der Waals surface area (Å²) in [6.07, 6.45) is 0.268. The van der Waals surface area contributed by atoms with E-state index in [2.05, 4.69) is 0 Å². The number of benzene rings is 2. The number of nitrogens with zero attached hydrogens (tertiary/aromatic N) is 2. The van der Waals surface area contributed by atoms with Gasteiger partial charge in [-0.1, -0.05) is 24.3 Å². The van der Waals surface area contributed by atoms with Gasteiger partial charge in [0.2, 0.25) is 5.91 Å². The molecule has 26 heavy (non-hydrogen) atoms. The van der Waals surface area contributed by atoms with E-state index in [0.29, 0.717) is 26.2 Å². The predicted octanol–water partition coefficient (Wildman–Crippen LogP) is 3.65. The van der Waals surface area contributed by atoms with E-state index in [1.165, 1.54) is 0 Å². The second kappa shape index (κ2) is 7.91. The van der Waals surface area contributed by atoms with Gasteiger partial charge in [-0.15, -0.1) is 0 Å². The molecule has 0 bridgehead atoms. The van der Waals surface area contributed by atoms with Crippen LogP contribution in [0.25, 0.3) is 0 Å². The van der Waals surface area contributed by atoms with Gasteiger partial charge in [-0.05, 0) is 30.2 Å². The molecule has 3 rings (SSSR count). The highest BCUT2D eigenvalue weighted by atomic mass is 19.2. The maximum Gasteiger partial charge on any atom is 0.224 e. The highest BCUT2D eigenvalue weighted by Crippen LogP contribution is 2.20. The third-order valence-electron chi connectivity index (χ3n) is 4.82. The molecule has 1 fully saturated rings. The largest absolute Gasteiger partial charge is 0.337 e. The number of amides is 1. The van der Waals surface area contributed by atoms with Crippen LogP contribution in [0.4, 0.5) is 13.2 Å². The lowest BCUT2D eigenvalue weighted by Crippen LogP contribution is -2.33. The van der Waals surface area contributed by atoms with Crippen molar-refractivity contribution in [3.05, 3.63) is 70.5 Å². The number of carbonyl (C=O) groups is 1. The lowest BCUT2D eigenvalue weighted by molar-refractivity contribution is -0.130. The maximum atomic E-state index is 13.9. The molecule has 0 aliphatic carbocycles. The summed E-state index contributed by atoms with van der Waals surface area (Å²) in [7, 11) is 0. The summed E-state index contributed by atoms with van der Waals surface area (Å²) in [6, 6.07) is 9.59. The molecule has 1 aliphatic rings. The van der Waals surface area contributed by atoms with Crippen LogP contribution in [-0.2, 0) is 17.9 Å². The Labute approximate surface area is 151 Å². The van der Waals surface area contributed by atoms with Crippen molar-refractivity contribution in [1.29, 1.82) is 0 Å². The Bertz CT molecular complexity index is 810. The zero-order valence-corrected chi connectivity index (χ0v) is 14.6. The molecule has 0 radical (unpaired) electrons. The SMILES string of the molecule is Cc1ccccc1CN1CCN(Cc2c(F)ccc(F)c2F)CCC1=O. The highest BCUT2D eigenvalue weighted by molar-refractivity contribution is 5.76. The Morgan fingerprint density at radius 1 is 0.923 bits per heavy atom. The number of rotatable bonds is 4. The molecule has 0 unspecified atom stereocenters. The minimum absolute atomic E-state index is 0.0101. The van der Waals surface area contributed by atoms with Gasteiger partial charge in [0.25, 0.3) is 0 Å². The van der Waals surface area contributed by atoms with Crippen LogP contribution < -0.4 is 0 Å². The second-order valence-corrected chi connectivity index (χ2v) is 6.59. The first kappa shape index (κ1) is 18.5. The second-order valence-electron chi connectivity index (χ2n) is 6.59. The van der Waals surface area contributed by atoms with Crippen molar-refractivity contribution in [2.24, 2.45) is 0 Å². The first-order chi connectivity index (χ1) is 12.5. The van der Waals surface area contributed by atoms with Gasteiger partial charge in [-0.25, -0.2) is 13.2 Å². The predicted molar refractivity (Wildman–Crippen MR) is 92.8 cm³/mol. The van der Waals surface area contributed by atoms with Crippen LogP contribution in [0.5, 0.6) is 0 Å². The van der Waals surface area contributed by atoms with E-state index in [9.17, 15) is 18.0 Å². The van der Waals surface area contributed by atoms with Crippen LogP contribution in [0.2, 0.25) is 0 Å². The van der Waals surface area contributed by atoms with Gasteiger partial charge in [0.05, 0.1) is 0 Å². The van der Waals surface area contributed by atoms with Gasteiger partial charge in [-0.2, -0.15) is 0 Å². The van der Waals surface area contributed by atoms with E-state index in [1.54, 1.807) is 9.80 Å². The number of carbonyl (C=O) groups excluding carboxylic acids is 1. The lowest BCUT2D eigenvalue weighted by atomic mass is 10.1. The molecular formula is C20H21F3N2O. The molecular weight excluding hydrogens is 341 g/mol. The Balaban J connectivity index is 1.69. The molecule has 1 heterocycles. The molecule has 1 saturated heterocycles. The average molecular weight is 362 g/mol. The third-order valence-corrected chi connectivity index (χ3v) is 4.82. The van der Waals surface area contributed by atoms with Gasteiger partial charge >= 0.3 is 0 Å². The normalized spacial score (nSPS) is 16.0. The summed E-state index contributed by atoms with van der Waals surface area (Å²) < 4.78 is 41.1. The maximum absolute atomic E-state index is 13.9. The summed E-state index contributed by atoms with van der Waals surface area (Å²) in [5, 5.41) is 0. The molecule has 1 aliphatic heterocycles. The summed E-state index contributed by atoms with van der Waals surface area (Å²) >= 11 is 0. The van der Waals surface area contributed by atoms with Crippen LogP contribution in [0, 0.1) is 24.4 Å². The minimum atomic E-state index is -1.16. The standard InChI is InChI=1S/C20H21F3N2O/c1-14-4-2-3-5-15(14)12-25-11-10-24(9-8-19(25)26)13-16-17(21)6-7-18(22)20(16)23/h2-7H,8-13H2,1H3. The third kappa shape index (κ3) is 4.07. The number of hydrogen-bond acceptors (Lipinski definition) is 2. The Kier molecular flexibility index (Phi) is 5.61. The molecule has 3 nitrogen and oxygen atoms in total. The number of hydrogen-bond donors (Lipinski definition) is 0. The van der Waals surface area contributed by atoms with Crippen LogP contribution in [0.15, 0.2) is 36.4 Å². The average Bonchev–Trinajstić information content (AvgIpc) is 2.79. The highest BCUT2D eigenvalue weighted by Gasteiger charge is 2.23. The molecule has 0 N–H and O–H groups in total. The molecule has 0 saturated carbocycles. The topological polar surface area (TPSA) is 23.6 Å². The minimum Gasteiger partial charge on any atom is -0.337 e. The van der Waals surface area contributed by atoms with Crippen molar-refractivity contribution >= 4 is 5.91 Å². The van der Waals surface area contributed by atoms with Gasteiger partial charge in [0.15, 0.2) is 11.6 Å². The Morgan fingerprint density at radius 2 is 1.65 bits per heavy atom. The molecule has 1 amide bonds. The van der Waals surface area contributed by atoms with Gasteiger partial charge in [0, 0.05) is 44.7 Å². The lowest BCUT2D eigenvalue weighted by Gasteiger charge is -2.23. The Hall–Kier alpha value is -2.34. The molecule has 138 valence electrons. The fraction of sp³-hybridized carbons (Fsp3) is 0.350. The summed E-state index contributed by atoms with van der Waals surface area (Å²) in [5.41, 5.74) is 1.91. The van der Waals surface area contributed by atoms with Gasteiger partial charge in [-0.3, -0.25) is 9.69 Å². The van der Waals surface area contributed by atoms with Crippen molar-refractivity contribution in [3.8, 4) is 0 Å². The summed E-state index contributed by atoms with van der Waals surface area (Å²) in [4.78, 5) is 16.0. The van der Waals surface area contributed by atoms with E-state index in [0.717, 1.165) is 23.3 Å². The quantitative estimate of drug-likeness (QED) is 0.776. The Morgan fingerprint density at radius 3 is 2.42 bits per heavy atom. The van der Waals surface area contributed by atoms with E-state index in [4.69, 9.17) is 0 Å². The summed E-state index contributed by atoms with van der Waals surface area (Å²) in [5.74, 6) is -2.97. The zero-order valence-electron chi connectivity index (χ0n) is 14.6. The first-order valence-electron chi connectivity index (χ1n) is 8.62. The van der Waals surface area contributed by atoms with E-state index < -0.39 is 17.5 Å². The van der Waals surface area contributed by atoms with Crippen molar-refractivity contribution in [3.63, 3.8) is 0 Å². The molecule has 0 aromatic heterocycles.